The number of carbonyl (C=O) groups is 1. The molecule has 0 bridgehead atoms. The number of anilines is 1. The van der Waals surface area contributed by atoms with Crippen LogP contribution in [-0.4, -0.2) is 25.1 Å². The van der Waals surface area contributed by atoms with E-state index in [0.29, 0.717) is 17.2 Å². The Kier molecular flexibility index (Phi) is 4.67. The van der Waals surface area contributed by atoms with Crippen LogP contribution in [0.1, 0.15) is 21.5 Å². The number of rotatable bonds is 4. The molecule has 2 aromatic carbocycles. The summed E-state index contributed by atoms with van der Waals surface area (Å²) in [6, 6.07) is 10.6. The lowest BCUT2D eigenvalue weighted by Crippen LogP contribution is -2.23. The van der Waals surface area contributed by atoms with Gasteiger partial charge in [0.25, 0.3) is 11.5 Å². The summed E-state index contributed by atoms with van der Waals surface area (Å²) in [6.07, 6.45) is 0. The number of aryl methyl sites for hydroxylation is 2. The highest BCUT2D eigenvalue weighted by molar-refractivity contribution is 6.06. The molecule has 6 nitrogen and oxygen atoms in total. The van der Waals surface area contributed by atoms with Gasteiger partial charge in [0.2, 0.25) is 0 Å². The second kappa shape index (κ2) is 6.92. The number of fused-ring (bicyclic) bond motifs is 1. The Morgan fingerprint density at radius 3 is 2.50 bits per heavy atom. The van der Waals surface area contributed by atoms with Crippen LogP contribution >= 0.6 is 0 Å². The zero-order valence-electron chi connectivity index (χ0n) is 15.1. The van der Waals surface area contributed by atoms with Crippen LogP contribution in [0.5, 0.6) is 11.5 Å². The molecule has 26 heavy (non-hydrogen) atoms. The average molecular weight is 352 g/mol. The van der Waals surface area contributed by atoms with Crippen LogP contribution in [0.15, 0.2) is 41.2 Å². The van der Waals surface area contributed by atoms with Crippen LogP contribution < -0.4 is 20.3 Å². The molecule has 3 aromatic rings. The molecule has 0 fully saturated rings. The highest BCUT2D eigenvalue weighted by atomic mass is 16.5. The molecule has 0 aliphatic carbocycles. The van der Waals surface area contributed by atoms with E-state index in [1.807, 2.05) is 26.0 Å². The van der Waals surface area contributed by atoms with Crippen molar-refractivity contribution in [1.82, 2.24) is 4.98 Å². The topological polar surface area (TPSA) is 80.4 Å². The third-order valence-corrected chi connectivity index (χ3v) is 4.19. The number of hydrogen-bond acceptors (Lipinski definition) is 4. The van der Waals surface area contributed by atoms with E-state index in [9.17, 15) is 9.59 Å². The first-order valence-corrected chi connectivity index (χ1v) is 8.10. The van der Waals surface area contributed by atoms with Gasteiger partial charge in [-0.2, -0.15) is 0 Å². The molecule has 0 saturated carbocycles. The minimum absolute atomic E-state index is 0.0420. The van der Waals surface area contributed by atoms with Crippen molar-refractivity contribution in [2.45, 2.75) is 13.8 Å². The average Bonchev–Trinajstić information content (AvgIpc) is 2.62. The molecule has 0 saturated heterocycles. The third kappa shape index (κ3) is 3.26. The van der Waals surface area contributed by atoms with Crippen LogP contribution in [0, 0.1) is 13.8 Å². The molecule has 0 unspecified atom stereocenters. The van der Waals surface area contributed by atoms with Gasteiger partial charge in [0.1, 0.15) is 17.1 Å². The fourth-order valence-electron chi connectivity index (χ4n) is 2.95. The minimum atomic E-state index is -0.504. The summed E-state index contributed by atoms with van der Waals surface area (Å²) in [4.78, 5) is 27.8. The first-order valence-electron chi connectivity index (χ1n) is 8.10. The standard InChI is InChI=1S/C20H20N2O4/c1-11-7-12(2)18-13(8-11)9-15(20(24)22-18)19(23)21-16-6-5-14(25-3)10-17(16)26-4/h5-10H,1-4H3,(H,21,23)(H,22,24). The molecular weight excluding hydrogens is 332 g/mol. The number of aromatic amines is 1. The van der Waals surface area contributed by atoms with E-state index in [2.05, 4.69) is 10.3 Å². The third-order valence-electron chi connectivity index (χ3n) is 4.19. The molecular formula is C20H20N2O4. The summed E-state index contributed by atoms with van der Waals surface area (Å²) in [7, 11) is 3.05. The Hall–Kier alpha value is -3.28. The van der Waals surface area contributed by atoms with Gasteiger partial charge < -0.3 is 19.8 Å². The second-order valence-corrected chi connectivity index (χ2v) is 6.08. The number of aromatic nitrogens is 1. The van der Waals surface area contributed by atoms with Crippen molar-refractivity contribution in [2.24, 2.45) is 0 Å². The predicted molar refractivity (Wildman–Crippen MR) is 102 cm³/mol. The summed E-state index contributed by atoms with van der Waals surface area (Å²) < 4.78 is 10.4. The smallest absolute Gasteiger partial charge is 0.261 e. The van der Waals surface area contributed by atoms with Gasteiger partial charge in [0.15, 0.2) is 0 Å². The molecule has 134 valence electrons. The van der Waals surface area contributed by atoms with Crippen molar-refractivity contribution in [3.05, 3.63) is 63.4 Å². The molecule has 0 radical (unpaired) electrons. The molecule has 0 aliphatic rings. The SMILES string of the molecule is COc1ccc(NC(=O)c2cc3cc(C)cc(C)c3[nH]c2=O)c(OC)c1. The van der Waals surface area contributed by atoms with E-state index in [-0.39, 0.29) is 5.56 Å². The number of nitrogens with one attached hydrogen (secondary N) is 2. The van der Waals surface area contributed by atoms with Gasteiger partial charge in [-0.3, -0.25) is 9.59 Å². The maximum Gasteiger partial charge on any atom is 0.261 e. The first-order chi connectivity index (χ1) is 12.4. The van der Waals surface area contributed by atoms with Crippen molar-refractivity contribution in [1.29, 1.82) is 0 Å². The first kappa shape index (κ1) is 17.5. The van der Waals surface area contributed by atoms with E-state index in [1.165, 1.54) is 7.11 Å². The Balaban J connectivity index is 2.00. The van der Waals surface area contributed by atoms with Gasteiger partial charge in [-0.1, -0.05) is 11.6 Å². The fraction of sp³-hybridized carbons (Fsp3) is 0.200. The van der Waals surface area contributed by atoms with Crippen LogP contribution in [0.25, 0.3) is 10.9 Å². The van der Waals surface area contributed by atoms with Crippen LogP contribution in [-0.2, 0) is 0 Å². The predicted octanol–water partition coefficient (Wildman–Crippen LogP) is 3.41. The molecule has 1 heterocycles. The van der Waals surface area contributed by atoms with Crippen LogP contribution in [0.3, 0.4) is 0 Å². The molecule has 0 spiro atoms. The Morgan fingerprint density at radius 2 is 1.81 bits per heavy atom. The number of ether oxygens (including phenoxy) is 2. The number of carbonyl (C=O) groups excluding carboxylic acids is 1. The number of H-pyrrole nitrogens is 1. The normalized spacial score (nSPS) is 10.6. The number of amides is 1. The van der Waals surface area contributed by atoms with E-state index >= 15 is 0 Å². The zero-order valence-corrected chi connectivity index (χ0v) is 15.1. The van der Waals surface area contributed by atoms with Crippen molar-refractivity contribution < 1.29 is 14.3 Å². The van der Waals surface area contributed by atoms with Crippen molar-refractivity contribution in [2.75, 3.05) is 19.5 Å². The lowest BCUT2D eigenvalue weighted by Gasteiger charge is -2.12. The molecule has 1 amide bonds. The summed E-state index contributed by atoms with van der Waals surface area (Å²) in [5.74, 6) is 0.548. The van der Waals surface area contributed by atoms with Crippen molar-refractivity contribution >= 4 is 22.5 Å². The van der Waals surface area contributed by atoms with Gasteiger partial charge in [-0.05, 0) is 49.1 Å². The van der Waals surface area contributed by atoms with Crippen LogP contribution in [0.2, 0.25) is 0 Å². The lowest BCUT2D eigenvalue weighted by atomic mass is 10.1. The minimum Gasteiger partial charge on any atom is -0.497 e. The molecule has 6 heteroatoms. The van der Waals surface area contributed by atoms with Gasteiger partial charge in [0.05, 0.1) is 25.4 Å². The zero-order chi connectivity index (χ0) is 18.8. The number of benzene rings is 2. The fourth-order valence-corrected chi connectivity index (χ4v) is 2.95. The molecule has 1 aromatic heterocycles. The lowest BCUT2D eigenvalue weighted by molar-refractivity contribution is 0.102. The van der Waals surface area contributed by atoms with Crippen molar-refractivity contribution in [3.63, 3.8) is 0 Å². The highest BCUT2D eigenvalue weighted by Crippen LogP contribution is 2.29. The number of pyridine rings is 1. The van der Waals surface area contributed by atoms with Gasteiger partial charge in [0, 0.05) is 6.07 Å². The van der Waals surface area contributed by atoms with E-state index < -0.39 is 11.5 Å². The second-order valence-electron chi connectivity index (χ2n) is 6.08. The van der Waals surface area contributed by atoms with E-state index in [4.69, 9.17) is 9.47 Å². The number of hydrogen-bond donors (Lipinski definition) is 2. The Morgan fingerprint density at radius 1 is 1.04 bits per heavy atom. The van der Waals surface area contributed by atoms with Gasteiger partial charge in [-0.15, -0.1) is 0 Å². The van der Waals surface area contributed by atoms with Crippen LogP contribution in [0.4, 0.5) is 5.69 Å². The highest BCUT2D eigenvalue weighted by Gasteiger charge is 2.15. The molecule has 3 rings (SSSR count). The van der Waals surface area contributed by atoms with Gasteiger partial charge >= 0.3 is 0 Å². The summed E-state index contributed by atoms with van der Waals surface area (Å²) in [6.45, 7) is 3.90. The maximum absolute atomic E-state index is 12.7. The molecule has 0 aliphatic heterocycles. The van der Waals surface area contributed by atoms with Gasteiger partial charge in [-0.25, -0.2) is 0 Å². The molecule has 0 atom stereocenters. The maximum atomic E-state index is 12.7. The summed E-state index contributed by atoms with van der Waals surface area (Å²) in [5.41, 5.74) is 2.82. The van der Waals surface area contributed by atoms with Crippen molar-refractivity contribution in [3.8, 4) is 11.5 Å². The largest absolute Gasteiger partial charge is 0.497 e. The van der Waals surface area contributed by atoms with E-state index in [0.717, 1.165) is 22.0 Å². The summed E-state index contributed by atoms with van der Waals surface area (Å²) in [5, 5.41) is 3.54. The Bertz CT molecular complexity index is 1050. The Labute approximate surface area is 150 Å². The monoisotopic (exact) mass is 352 g/mol. The number of methoxy groups -OCH3 is 2. The molecule has 2 N–H and O–H groups in total. The quantitative estimate of drug-likeness (QED) is 0.754. The summed E-state index contributed by atoms with van der Waals surface area (Å²) >= 11 is 0. The van der Waals surface area contributed by atoms with E-state index in [1.54, 1.807) is 31.4 Å².